The Labute approximate surface area is 249 Å². The number of ether oxygens (including phenoxy) is 1. The Balaban J connectivity index is 1.27. The summed E-state index contributed by atoms with van der Waals surface area (Å²) in [5, 5.41) is 30.9. The fraction of sp³-hybridized carbons (Fsp3) is 0.250. The van der Waals surface area contributed by atoms with Gasteiger partial charge in [0.05, 0.1) is 0 Å². The zero-order valence-corrected chi connectivity index (χ0v) is 24.4. The van der Waals surface area contributed by atoms with Crippen molar-refractivity contribution in [3.8, 4) is 11.5 Å². The summed E-state index contributed by atoms with van der Waals surface area (Å²) in [6, 6.07) is 0. The third-order valence-electron chi connectivity index (χ3n) is 6.75. The molecule has 7 rings (SSSR count). The SMILES string of the molecule is Nc1nc2c(ncn2C2=C3O[PH](O)(O)OCc4oc(N5CNC6=CNC(N)NC65)c(O)c4O[PH](O)(O)O/C=C(/O2)[C@H]3O)c(=O)[nH]1. The van der Waals surface area contributed by atoms with Gasteiger partial charge in [0.15, 0.2) is 0 Å². The van der Waals surface area contributed by atoms with E-state index in [0.717, 1.165) is 10.9 Å². The van der Waals surface area contributed by atoms with Gasteiger partial charge in [0.25, 0.3) is 0 Å². The summed E-state index contributed by atoms with van der Waals surface area (Å²) >= 11 is 0. The number of anilines is 2. The number of nitrogens with two attached hydrogens (primary N) is 2. The van der Waals surface area contributed by atoms with E-state index in [4.69, 9.17) is 38.7 Å². The van der Waals surface area contributed by atoms with E-state index < -0.39 is 81.7 Å². The molecule has 0 saturated carbocycles. The van der Waals surface area contributed by atoms with E-state index in [9.17, 15) is 34.6 Å². The average Bonchev–Trinajstić information content (AvgIpc) is 3.72. The third kappa shape index (κ3) is 5.11. The molecule has 4 aliphatic rings. The van der Waals surface area contributed by atoms with Crippen LogP contribution in [0.3, 0.4) is 0 Å². The second kappa shape index (κ2) is 10.3. The Morgan fingerprint density at radius 3 is 2.76 bits per heavy atom. The molecule has 0 aliphatic carbocycles. The van der Waals surface area contributed by atoms with Gasteiger partial charge in [-0.2, -0.15) is 0 Å². The van der Waals surface area contributed by atoms with Gasteiger partial charge in [-0.3, -0.25) is 0 Å². The molecule has 0 radical (unpaired) electrons. The Hall–Kier alpha value is -4.41. The average molecular weight is 676 g/mol. The standard InChI is InChI=1S/C20H26N10O13P2/c21-19-23-1-6-14(26-19)29(4-24-6)17-11(32)12-8(41-17)3-39-45(36,37)43-13-10(31)7(2-38-44(34,35)42-12)40-18(13)30-5-25-9-15(30)27-20(22)28-16(9)33/h1-2,5,10,14,19,23-24,26,31-32,34-37,44-45H,3-4,21H2,(H3,22,27,28,33)/b7-2+/t10-,14?,19?/m1/s1. The number of hydrogen-bond donors (Lipinski definition) is 12. The molecule has 2 bridgehead atoms. The van der Waals surface area contributed by atoms with Crippen molar-refractivity contribution in [2.24, 2.45) is 5.73 Å². The van der Waals surface area contributed by atoms with Gasteiger partial charge in [-0.25, -0.2) is 0 Å². The molecule has 45 heavy (non-hydrogen) atoms. The molecule has 1 fully saturated rings. The first-order valence-electron chi connectivity index (χ1n) is 12.8. The molecule has 25 heteroatoms. The maximum absolute atomic E-state index is 12.3. The molecule has 3 aromatic rings. The van der Waals surface area contributed by atoms with Gasteiger partial charge in [-0.1, -0.05) is 0 Å². The summed E-state index contributed by atoms with van der Waals surface area (Å²) in [6.45, 7) is -0.789. The van der Waals surface area contributed by atoms with Gasteiger partial charge >= 0.3 is 250 Å². The van der Waals surface area contributed by atoms with E-state index in [2.05, 4.69) is 30.9 Å². The number of nitrogen functional groups attached to an aromatic ring is 1. The summed E-state index contributed by atoms with van der Waals surface area (Å²) in [5.74, 6) is -4.10. The predicted octanol–water partition coefficient (Wildman–Crippen LogP) is -3.24. The summed E-state index contributed by atoms with van der Waals surface area (Å²) in [6.07, 6.45) is -0.0129. The minimum absolute atomic E-state index is 0.0887. The molecule has 3 atom stereocenters. The second-order valence-electron chi connectivity index (χ2n) is 9.77. The van der Waals surface area contributed by atoms with E-state index in [1.165, 1.54) is 4.90 Å². The number of aliphatic hydroxyl groups is 1. The van der Waals surface area contributed by atoms with E-state index in [0.29, 0.717) is 12.0 Å². The normalized spacial score (nSPS) is 28.0. The topological polar surface area (TPSA) is 336 Å². The first kappa shape index (κ1) is 29.3. The number of furan rings is 1. The van der Waals surface area contributed by atoms with Crippen LogP contribution in [0, 0.1) is 0 Å². The number of aliphatic hydroxyl groups excluding tert-OH is 1. The van der Waals surface area contributed by atoms with Crippen LogP contribution in [0.15, 0.2) is 45.2 Å². The third-order valence-corrected chi connectivity index (χ3v) is 8.65. The van der Waals surface area contributed by atoms with E-state index >= 15 is 0 Å². The molecule has 14 N–H and O–H groups in total. The van der Waals surface area contributed by atoms with E-state index in [1.807, 2.05) is 0 Å². The summed E-state index contributed by atoms with van der Waals surface area (Å²) in [4.78, 5) is 66.8. The summed E-state index contributed by atoms with van der Waals surface area (Å²) < 4.78 is 33.1. The van der Waals surface area contributed by atoms with Crippen LogP contribution in [0.1, 0.15) is 5.76 Å². The van der Waals surface area contributed by atoms with Gasteiger partial charge < -0.3 is 0 Å². The monoisotopic (exact) mass is 676 g/mol. The van der Waals surface area contributed by atoms with Crippen LogP contribution in [0.2, 0.25) is 0 Å². The van der Waals surface area contributed by atoms with Crippen molar-refractivity contribution in [1.29, 1.82) is 0 Å². The molecule has 23 nitrogen and oxygen atoms in total. The number of nitrogens with one attached hydrogen (secondary N) is 4. The van der Waals surface area contributed by atoms with Crippen LogP contribution in [-0.2, 0) is 24.9 Å². The first-order chi connectivity index (χ1) is 21.3. The van der Waals surface area contributed by atoms with Crippen molar-refractivity contribution in [3.63, 3.8) is 0 Å². The zero-order chi connectivity index (χ0) is 31.8. The number of rotatable bonds is 2. The number of aromatic hydroxyl groups is 1. The molecule has 2 unspecified atom stereocenters. The molecule has 7 heterocycles. The number of fused-ring (bicyclic) bond motifs is 5. The number of hydrogen-bond acceptors (Lipinski definition) is 21. The van der Waals surface area contributed by atoms with Gasteiger partial charge in [0, 0.05) is 0 Å². The van der Waals surface area contributed by atoms with Crippen LogP contribution in [0.25, 0.3) is 17.0 Å². The number of aromatic nitrogens is 4. The Morgan fingerprint density at radius 1 is 1.16 bits per heavy atom. The van der Waals surface area contributed by atoms with Crippen LogP contribution in [0.5, 0.6) is 11.5 Å². The second-order valence-corrected chi connectivity index (χ2v) is 12.9. The van der Waals surface area contributed by atoms with Crippen LogP contribution in [0.4, 0.5) is 11.8 Å². The van der Waals surface area contributed by atoms with E-state index in [-0.39, 0.29) is 29.7 Å². The number of H-pyrrole nitrogens is 1. The van der Waals surface area contributed by atoms with Crippen LogP contribution >= 0.6 is 16.3 Å². The molecular weight excluding hydrogens is 650 g/mol. The van der Waals surface area contributed by atoms with Gasteiger partial charge in [-0.15, -0.1) is 0 Å². The molecular formula is C20H26N10O13P2. The van der Waals surface area contributed by atoms with Gasteiger partial charge in [0.2, 0.25) is 0 Å². The fourth-order valence-electron chi connectivity index (χ4n) is 4.78. The van der Waals surface area contributed by atoms with Crippen molar-refractivity contribution in [1.82, 2.24) is 35.5 Å². The minimum atomic E-state index is -5.30. The Bertz CT molecular complexity index is 1850. The van der Waals surface area contributed by atoms with Crippen LogP contribution < -0.4 is 42.4 Å². The van der Waals surface area contributed by atoms with Gasteiger partial charge in [0.1, 0.15) is 0 Å². The molecule has 244 valence electrons. The molecule has 0 amide bonds. The molecule has 3 aromatic heterocycles. The molecule has 1 saturated heterocycles. The zero-order valence-electron chi connectivity index (χ0n) is 22.4. The quantitative estimate of drug-likeness (QED) is 0.119. The Kier molecular flexibility index (Phi) is 6.72. The number of nitrogens with zero attached hydrogens (tertiary/aromatic N) is 4. The maximum atomic E-state index is 12.3. The predicted molar refractivity (Wildman–Crippen MR) is 151 cm³/mol. The number of aromatic amines is 1. The van der Waals surface area contributed by atoms with Crippen molar-refractivity contribution in [3.05, 3.63) is 52.1 Å². The van der Waals surface area contributed by atoms with E-state index in [1.54, 1.807) is 6.20 Å². The van der Waals surface area contributed by atoms with Crippen molar-refractivity contribution >= 4 is 45.2 Å². The van der Waals surface area contributed by atoms with Crippen LogP contribution in [-0.4, -0.2) is 74.5 Å². The Morgan fingerprint density at radius 2 is 1.96 bits per heavy atom. The van der Waals surface area contributed by atoms with Gasteiger partial charge in [-0.05, 0) is 0 Å². The summed E-state index contributed by atoms with van der Waals surface area (Å²) in [7, 11) is -10.6. The molecule has 0 aromatic carbocycles. The molecule has 4 aliphatic heterocycles. The summed E-state index contributed by atoms with van der Waals surface area (Å²) in [5.41, 5.74) is 11.1. The van der Waals surface area contributed by atoms with Crippen molar-refractivity contribution < 1.29 is 57.0 Å². The number of imidazole rings is 1. The molecule has 0 spiro atoms. The fourth-order valence-corrected chi connectivity index (χ4v) is 6.44. The van der Waals surface area contributed by atoms with Crippen molar-refractivity contribution in [2.45, 2.75) is 25.2 Å². The first-order valence-corrected chi connectivity index (χ1v) is 16.2. The van der Waals surface area contributed by atoms with Crippen molar-refractivity contribution in [2.75, 3.05) is 17.3 Å².